The second kappa shape index (κ2) is 10.3. The fourth-order valence-corrected chi connectivity index (χ4v) is 2.58. The van der Waals surface area contributed by atoms with E-state index in [0.717, 1.165) is 17.8 Å². The number of primary amides is 1. The van der Waals surface area contributed by atoms with Gasteiger partial charge >= 0.3 is 0 Å². The van der Waals surface area contributed by atoms with Crippen LogP contribution in [0.3, 0.4) is 0 Å². The van der Waals surface area contributed by atoms with Gasteiger partial charge in [-0.25, -0.2) is 0 Å². The Morgan fingerprint density at radius 1 is 1.05 bits per heavy atom. The van der Waals surface area contributed by atoms with Crippen LogP contribution in [0.2, 0.25) is 0 Å². The summed E-state index contributed by atoms with van der Waals surface area (Å²) in [7, 11) is 0. The molecule has 0 aliphatic carbocycles. The van der Waals surface area contributed by atoms with E-state index in [9.17, 15) is 4.79 Å². The van der Waals surface area contributed by atoms with Crippen molar-refractivity contribution in [2.24, 2.45) is 5.73 Å². The number of hydrogen-bond acceptors (Lipinski definition) is 2. The summed E-state index contributed by atoms with van der Waals surface area (Å²) in [5, 5.41) is 3.41. The average molecular weight is 290 g/mol. The van der Waals surface area contributed by atoms with Gasteiger partial charge in [0.15, 0.2) is 0 Å². The zero-order valence-electron chi connectivity index (χ0n) is 13.6. The molecule has 3 N–H and O–H groups in total. The summed E-state index contributed by atoms with van der Waals surface area (Å²) < 4.78 is 0. The molecule has 3 nitrogen and oxygen atoms in total. The van der Waals surface area contributed by atoms with Crippen molar-refractivity contribution in [1.82, 2.24) is 0 Å². The lowest BCUT2D eigenvalue weighted by molar-refractivity contribution is 0.1000. The summed E-state index contributed by atoms with van der Waals surface area (Å²) >= 11 is 0. The van der Waals surface area contributed by atoms with E-state index in [0.29, 0.717) is 5.56 Å². The van der Waals surface area contributed by atoms with Gasteiger partial charge < -0.3 is 11.1 Å². The molecule has 0 aromatic heterocycles. The molecule has 0 saturated carbocycles. The van der Waals surface area contributed by atoms with Gasteiger partial charge in [0.2, 0.25) is 5.91 Å². The van der Waals surface area contributed by atoms with Crippen LogP contribution in [0.25, 0.3) is 0 Å². The smallest absolute Gasteiger partial charge is 0.249 e. The van der Waals surface area contributed by atoms with E-state index < -0.39 is 0 Å². The Labute approximate surface area is 129 Å². The van der Waals surface area contributed by atoms with Crippen molar-refractivity contribution in [3.8, 4) is 0 Å². The molecule has 1 rings (SSSR count). The number of nitrogens with one attached hydrogen (secondary N) is 1. The molecule has 0 bridgehead atoms. The van der Waals surface area contributed by atoms with Crippen LogP contribution in [-0.4, -0.2) is 12.5 Å². The first-order valence-corrected chi connectivity index (χ1v) is 8.30. The summed E-state index contributed by atoms with van der Waals surface area (Å²) in [6, 6.07) is 5.66. The summed E-state index contributed by atoms with van der Waals surface area (Å²) in [5.74, 6) is -0.358. The summed E-state index contributed by atoms with van der Waals surface area (Å²) in [4.78, 5) is 11.3. The van der Waals surface area contributed by atoms with Gasteiger partial charge in [-0.2, -0.15) is 0 Å². The lowest BCUT2D eigenvalue weighted by Crippen LogP contribution is -2.14. The van der Waals surface area contributed by atoms with Crippen LogP contribution in [0.1, 0.15) is 74.2 Å². The normalized spacial score (nSPS) is 10.6. The fourth-order valence-electron chi connectivity index (χ4n) is 2.58. The van der Waals surface area contributed by atoms with Gasteiger partial charge in [-0.3, -0.25) is 4.79 Å². The fraction of sp³-hybridized carbons (Fsp3) is 0.611. The topological polar surface area (TPSA) is 55.1 Å². The predicted molar refractivity (Wildman–Crippen MR) is 90.8 cm³/mol. The highest BCUT2D eigenvalue weighted by Gasteiger charge is 2.07. The van der Waals surface area contributed by atoms with Crippen molar-refractivity contribution in [2.75, 3.05) is 11.9 Å². The van der Waals surface area contributed by atoms with Crippen LogP contribution in [0.4, 0.5) is 5.69 Å². The molecule has 0 radical (unpaired) electrons. The third-order valence-electron chi connectivity index (χ3n) is 3.95. The van der Waals surface area contributed by atoms with Gasteiger partial charge in [0.05, 0.1) is 0 Å². The number of benzene rings is 1. The Kier molecular flexibility index (Phi) is 8.56. The number of carbonyl (C=O) groups is 1. The average Bonchev–Trinajstić information content (AvgIpc) is 2.46. The number of rotatable bonds is 11. The lowest BCUT2D eigenvalue weighted by atomic mass is 10.1. The van der Waals surface area contributed by atoms with Gasteiger partial charge in [0, 0.05) is 17.8 Å². The van der Waals surface area contributed by atoms with Crippen LogP contribution in [0, 0.1) is 6.92 Å². The largest absolute Gasteiger partial charge is 0.385 e. The van der Waals surface area contributed by atoms with Crippen molar-refractivity contribution >= 4 is 11.6 Å². The molecule has 0 spiro atoms. The first-order chi connectivity index (χ1) is 10.2. The molecule has 1 aromatic rings. The monoisotopic (exact) mass is 290 g/mol. The van der Waals surface area contributed by atoms with E-state index in [2.05, 4.69) is 12.2 Å². The van der Waals surface area contributed by atoms with Crippen molar-refractivity contribution in [3.05, 3.63) is 29.3 Å². The lowest BCUT2D eigenvalue weighted by Gasteiger charge is -2.11. The Bertz CT molecular complexity index is 429. The third kappa shape index (κ3) is 6.65. The number of amides is 1. The predicted octanol–water partition coefficient (Wildman–Crippen LogP) is 4.65. The summed E-state index contributed by atoms with van der Waals surface area (Å²) in [6.45, 7) is 5.15. The quantitative estimate of drug-likeness (QED) is 0.583. The number of hydrogen-bond donors (Lipinski definition) is 2. The van der Waals surface area contributed by atoms with Crippen LogP contribution >= 0.6 is 0 Å². The maximum atomic E-state index is 11.3. The highest BCUT2D eigenvalue weighted by atomic mass is 16.1. The first kappa shape index (κ1) is 17.5. The molecular formula is C18H30N2O. The van der Waals surface area contributed by atoms with E-state index in [-0.39, 0.29) is 5.91 Å². The zero-order chi connectivity index (χ0) is 15.5. The molecule has 0 unspecified atom stereocenters. The van der Waals surface area contributed by atoms with Crippen molar-refractivity contribution in [2.45, 2.75) is 65.2 Å². The van der Waals surface area contributed by atoms with E-state index in [1.54, 1.807) is 6.07 Å². The van der Waals surface area contributed by atoms with Crippen molar-refractivity contribution in [3.63, 3.8) is 0 Å². The van der Waals surface area contributed by atoms with Crippen LogP contribution in [0.15, 0.2) is 18.2 Å². The van der Waals surface area contributed by atoms with E-state index >= 15 is 0 Å². The highest BCUT2D eigenvalue weighted by Crippen LogP contribution is 2.18. The number of nitrogens with two attached hydrogens (primary N) is 1. The Balaban J connectivity index is 2.19. The van der Waals surface area contributed by atoms with Gasteiger partial charge in [-0.1, -0.05) is 57.9 Å². The minimum Gasteiger partial charge on any atom is -0.385 e. The second-order valence-corrected chi connectivity index (χ2v) is 5.74. The van der Waals surface area contributed by atoms with E-state index in [1.807, 2.05) is 19.1 Å². The molecular weight excluding hydrogens is 260 g/mol. The second-order valence-electron chi connectivity index (χ2n) is 5.74. The van der Waals surface area contributed by atoms with E-state index in [1.165, 1.54) is 51.4 Å². The SMILES string of the molecule is CCCCCCCCCCNc1cccc(C(N)=O)c1C. The molecule has 0 aliphatic heterocycles. The molecule has 0 heterocycles. The third-order valence-corrected chi connectivity index (χ3v) is 3.95. The number of anilines is 1. The molecule has 0 atom stereocenters. The minimum atomic E-state index is -0.358. The van der Waals surface area contributed by atoms with Gasteiger partial charge in [-0.05, 0) is 31.0 Å². The first-order valence-electron chi connectivity index (χ1n) is 8.30. The molecule has 1 aromatic carbocycles. The maximum Gasteiger partial charge on any atom is 0.249 e. The molecule has 0 saturated heterocycles. The van der Waals surface area contributed by atoms with E-state index in [4.69, 9.17) is 5.73 Å². The Hall–Kier alpha value is -1.51. The standard InChI is InChI=1S/C18H30N2O/c1-3-4-5-6-7-8-9-10-14-20-17-13-11-12-16(15(17)2)18(19)21/h11-13,20H,3-10,14H2,1-2H3,(H2,19,21). The number of carbonyl (C=O) groups excluding carboxylic acids is 1. The molecule has 21 heavy (non-hydrogen) atoms. The van der Waals surface area contributed by atoms with Crippen LogP contribution in [-0.2, 0) is 0 Å². The van der Waals surface area contributed by atoms with Crippen LogP contribution < -0.4 is 11.1 Å². The van der Waals surface area contributed by atoms with Crippen molar-refractivity contribution < 1.29 is 4.79 Å². The summed E-state index contributed by atoms with van der Waals surface area (Å²) in [5.41, 5.74) is 7.94. The maximum absolute atomic E-state index is 11.3. The molecule has 1 amide bonds. The van der Waals surface area contributed by atoms with Crippen molar-refractivity contribution in [1.29, 1.82) is 0 Å². The highest BCUT2D eigenvalue weighted by molar-refractivity contribution is 5.95. The summed E-state index contributed by atoms with van der Waals surface area (Å²) in [6.07, 6.45) is 10.6. The van der Waals surface area contributed by atoms with Crippen LogP contribution in [0.5, 0.6) is 0 Å². The number of unbranched alkanes of at least 4 members (excludes halogenated alkanes) is 7. The molecule has 0 aliphatic rings. The molecule has 118 valence electrons. The Morgan fingerprint density at radius 2 is 1.67 bits per heavy atom. The van der Waals surface area contributed by atoms with Gasteiger partial charge in [0.1, 0.15) is 0 Å². The van der Waals surface area contributed by atoms with Gasteiger partial charge in [-0.15, -0.1) is 0 Å². The van der Waals surface area contributed by atoms with Gasteiger partial charge in [0.25, 0.3) is 0 Å². The molecule has 0 fully saturated rings. The Morgan fingerprint density at radius 3 is 2.29 bits per heavy atom. The minimum absolute atomic E-state index is 0.358. The zero-order valence-corrected chi connectivity index (χ0v) is 13.6. The molecule has 3 heteroatoms.